The molecule has 3 aromatic carbocycles. The Morgan fingerprint density at radius 1 is 0.886 bits per heavy atom. The molecule has 1 atom stereocenters. The van der Waals surface area contributed by atoms with Gasteiger partial charge in [0.1, 0.15) is 29.5 Å². The summed E-state index contributed by atoms with van der Waals surface area (Å²) in [4.78, 5) is 29.5. The fourth-order valence-corrected chi connectivity index (χ4v) is 5.62. The molecule has 1 aliphatic heterocycles. The van der Waals surface area contributed by atoms with Gasteiger partial charge in [-0.05, 0) is 110 Å². The van der Waals surface area contributed by atoms with E-state index in [1.165, 1.54) is 11.1 Å². The summed E-state index contributed by atoms with van der Waals surface area (Å²) >= 11 is 0. The predicted molar refractivity (Wildman–Crippen MR) is 172 cm³/mol. The highest BCUT2D eigenvalue weighted by atomic mass is 16.6. The van der Waals surface area contributed by atoms with E-state index in [1.807, 2.05) is 45.0 Å². The Morgan fingerprint density at radius 3 is 2.00 bits per heavy atom. The fraction of sp³-hybridized carbons (Fsp3) is 0.343. The number of hydrogen-bond donors (Lipinski definition) is 3. The summed E-state index contributed by atoms with van der Waals surface area (Å²) in [6.45, 7) is 11.3. The Morgan fingerprint density at radius 2 is 1.45 bits per heavy atom. The zero-order valence-electron chi connectivity index (χ0n) is 26.2. The molecule has 0 saturated heterocycles. The van der Waals surface area contributed by atoms with E-state index in [9.17, 15) is 14.7 Å². The standard InChI is InChI=1S/C35H41N3O6/c1-7-27(23-9-13-25(39)14-10-23)28(8-2)24-11-15-26(16-12-24)42-33(41)35(6)18-17-29-22(5)31(20(3)21(4)32(29)44-35)43-30(40)19-38-34(36)37/h9-16,39H,7-8,17-19H2,1-6H3,(H4,36,37,38). The molecule has 0 aliphatic carbocycles. The van der Waals surface area contributed by atoms with Crippen LogP contribution in [-0.4, -0.2) is 35.2 Å². The van der Waals surface area contributed by atoms with Crippen LogP contribution in [0.1, 0.15) is 73.4 Å². The van der Waals surface area contributed by atoms with Crippen LogP contribution >= 0.6 is 0 Å². The number of phenolic OH excluding ortho intramolecular Hbond substituents is 1. The molecule has 3 aromatic rings. The second kappa shape index (κ2) is 13.2. The highest BCUT2D eigenvalue weighted by molar-refractivity contribution is 5.91. The first-order chi connectivity index (χ1) is 20.9. The van der Waals surface area contributed by atoms with Gasteiger partial charge in [0.25, 0.3) is 0 Å². The minimum Gasteiger partial charge on any atom is -0.508 e. The zero-order chi connectivity index (χ0) is 32.2. The van der Waals surface area contributed by atoms with Crippen molar-refractivity contribution >= 4 is 29.0 Å². The lowest BCUT2D eigenvalue weighted by atomic mass is 9.87. The molecule has 4 rings (SSSR count). The number of esters is 2. The lowest BCUT2D eigenvalue weighted by molar-refractivity contribution is -0.152. The summed E-state index contributed by atoms with van der Waals surface area (Å²) in [5.41, 5.74) is 17.1. The molecule has 0 radical (unpaired) electrons. The number of aliphatic imine (C=N–C) groups is 1. The summed E-state index contributed by atoms with van der Waals surface area (Å²) in [6, 6.07) is 14.8. The third-order valence-corrected chi connectivity index (χ3v) is 8.23. The van der Waals surface area contributed by atoms with Gasteiger partial charge in [0.2, 0.25) is 5.60 Å². The van der Waals surface area contributed by atoms with Crippen molar-refractivity contribution < 1.29 is 28.9 Å². The third-order valence-electron chi connectivity index (χ3n) is 8.23. The molecule has 0 saturated carbocycles. The van der Waals surface area contributed by atoms with Crippen LogP contribution in [0.4, 0.5) is 0 Å². The number of guanidine groups is 1. The molecule has 1 heterocycles. The maximum absolute atomic E-state index is 13.5. The second-order valence-electron chi connectivity index (χ2n) is 11.2. The van der Waals surface area contributed by atoms with Crippen LogP contribution in [-0.2, 0) is 16.0 Å². The van der Waals surface area contributed by atoms with Crippen LogP contribution in [0.5, 0.6) is 23.0 Å². The Bertz CT molecular complexity index is 1620. The van der Waals surface area contributed by atoms with Gasteiger partial charge in [-0.25, -0.2) is 14.6 Å². The van der Waals surface area contributed by atoms with E-state index in [1.54, 1.807) is 31.2 Å². The van der Waals surface area contributed by atoms with Crippen LogP contribution in [0, 0.1) is 20.8 Å². The summed E-state index contributed by atoms with van der Waals surface area (Å²) < 4.78 is 17.8. The first-order valence-corrected chi connectivity index (χ1v) is 14.8. The van der Waals surface area contributed by atoms with E-state index in [0.717, 1.165) is 46.2 Å². The fourth-order valence-electron chi connectivity index (χ4n) is 5.62. The van der Waals surface area contributed by atoms with Gasteiger partial charge in [-0.15, -0.1) is 0 Å². The minimum atomic E-state index is -1.20. The predicted octanol–water partition coefficient (Wildman–Crippen LogP) is 5.92. The average Bonchev–Trinajstić information content (AvgIpc) is 3.00. The molecule has 1 aliphatic rings. The summed E-state index contributed by atoms with van der Waals surface area (Å²) in [5, 5.41) is 9.70. The molecule has 9 nitrogen and oxygen atoms in total. The first-order valence-electron chi connectivity index (χ1n) is 14.8. The number of hydrogen-bond acceptors (Lipinski definition) is 7. The molecular formula is C35H41N3O6. The number of fused-ring (bicyclic) bond motifs is 1. The number of benzene rings is 3. The maximum Gasteiger partial charge on any atom is 0.355 e. The van der Waals surface area contributed by atoms with Crippen LogP contribution in [0.25, 0.3) is 11.1 Å². The molecule has 0 spiro atoms. The van der Waals surface area contributed by atoms with Gasteiger partial charge in [-0.1, -0.05) is 38.1 Å². The average molecular weight is 600 g/mol. The van der Waals surface area contributed by atoms with E-state index in [0.29, 0.717) is 30.1 Å². The smallest absolute Gasteiger partial charge is 0.355 e. The topological polar surface area (TPSA) is 146 Å². The van der Waals surface area contributed by atoms with Crippen molar-refractivity contribution in [1.29, 1.82) is 0 Å². The van der Waals surface area contributed by atoms with Gasteiger partial charge in [0.15, 0.2) is 5.96 Å². The van der Waals surface area contributed by atoms with Gasteiger partial charge >= 0.3 is 11.9 Å². The molecular weight excluding hydrogens is 558 g/mol. The van der Waals surface area contributed by atoms with Crippen LogP contribution in [0.2, 0.25) is 0 Å². The molecule has 44 heavy (non-hydrogen) atoms. The molecule has 9 heteroatoms. The lowest BCUT2D eigenvalue weighted by Crippen LogP contribution is -2.47. The zero-order valence-corrected chi connectivity index (χ0v) is 26.2. The number of carbonyl (C=O) groups is 2. The summed E-state index contributed by atoms with van der Waals surface area (Å²) in [7, 11) is 0. The first kappa shape index (κ1) is 32.1. The van der Waals surface area contributed by atoms with Crippen molar-refractivity contribution in [3.8, 4) is 23.0 Å². The van der Waals surface area contributed by atoms with Crippen molar-refractivity contribution in [2.75, 3.05) is 6.54 Å². The summed E-state index contributed by atoms with van der Waals surface area (Å²) in [5.74, 6) is 0.467. The molecule has 5 N–H and O–H groups in total. The summed E-state index contributed by atoms with van der Waals surface area (Å²) in [6.07, 6.45) is 2.58. The van der Waals surface area contributed by atoms with Gasteiger partial charge in [-0.2, -0.15) is 0 Å². The number of nitrogens with zero attached hydrogens (tertiary/aromatic N) is 1. The van der Waals surface area contributed by atoms with Gasteiger partial charge in [0, 0.05) is 12.0 Å². The second-order valence-corrected chi connectivity index (χ2v) is 11.2. The normalized spacial score (nSPS) is 16.2. The molecule has 0 fully saturated rings. The Labute approximate surface area is 258 Å². The molecule has 0 bridgehead atoms. The SMILES string of the molecule is CCC(=C(CC)c1ccc(OC(=O)C2(C)CCc3c(C)c(OC(=O)CN=C(N)N)c(C)c(C)c3O2)cc1)c1ccc(O)cc1. The number of rotatable bonds is 9. The Balaban J connectivity index is 1.53. The quantitative estimate of drug-likeness (QED) is 0.0904. The van der Waals surface area contributed by atoms with Crippen molar-refractivity contribution in [1.82, 2.24) is 0 Å². The highest BCUT2D eigenvalue weighted by Crippen LogP contribution is 2.44. The third kappa shape index (κ3) is 6.72. The van der Waals surface area contributed by atoms with Crippen molar-refractivity contribution in [3.63, 3.8) is 0 Å². The van der Waals surface area contributed by atoms with Crippen molar-refractivity contribution in [2.45, 2.75) is 72.8 Å². The minimum absolute atomic E-state index is 0.189. The van der Waals surface area contributed by atoms with E-state index in [-0.39, 0.29) is 18.3 Å². The monoisotopic (exact) mass is 599 g/mol. The number of ether oxygens (including phenoxy) is 3. The van der Waals surface area contributed by atoms with Gasteiger partial charge in [0.05, 0.1) is 0 Å². The van der Waals surface area contributed by atoms with E-state index >= 15 is 0 Å². The largest absolute Gasteiger partial charge is 0.508 e. The molecule has 0 aromatic heterocycles. The number of nitrogens with two attached hydrogens (primary N) is 2. The van der Waals surface area contributed by atoms with E-state index in [4.69, 9.17) is 25.7 Å². The van der Waals surface area contributed by atoms with Crippen molar-refractivity contribution in [2.24, 2.45) is 16.5 Å². The van der Waals surface area contributed by atoms with Gasteiger partial charge in [-0.3, -0.25) is 0 Å². The Kier molecular flexibility index (Phi) is 9.67. The highest BCUT2D eigenvalue weighted by Gasteiger charge is 2.42. The Hall–Kier alpha value is -4.79. The number of allylic oxidation sites excluding steroid dienone is 2. The molecule has 232 valence electrons. The number of carbonyl (C=O) groups excluding carboxylic acids is 2. The maximum atomic E-state index is 13.5. The number of aromatic hydroxyl groups is 1. The van der Waals surface area contributed by atoms with Crippen molar-refractivity contribution in [3.05, 3.63) is 81.9 Å². The van der Waals surface area contributed by atoms with Crippen LogP contribution in [0.15, 0.2) is 53.5 Å². The van der Waals surface area contributed by atoms with Gasteiger partial charge < -0.3 is 30.8 Å². The van der Waals surface area contributed by atoms with E-state index < -0.39 is 17.5 Å². The lowest BCUT2D eigenvalue weighted by Gasteiger charge is -2.36. The van der Waals surface area contributed by atoms with Crippen LogP contribution < -0.4 is 25.7 Å². The molecule has 0 amide bonds. The molecule has 1 unspecified atom stereocenters. The number of phenols is 1. The van der Waals surface area contributed by atoms with E-state index in [2.05, 4.69) is 18.8 Å². The van der Waals surface area contributed by atoms with Crippen LogP contribution in [0.3, 0.4) is 0 Å².